The zero-order chi connectivity index (χ0) is 6.85. The summed E-state index contributed by atoms with van der Waals surface area (Å²) in [6.07, 6.45) is 1.37. The number of hydrogen-bond acceptors (Lipinski definition) is 1. The van der Waals surface area contributed by atoms with Crippen LogP contribution in [0.25, 0.3) is 0 Å². The van der Waals surface area contributed by atoms with Crippen molar-refractivity contribution in [2.24, 2.45) is 0 Å². The zero-order valence-electron chi connectivity index (χ0n) is 4.47. The van der Waals surface area contributed by atoms with Gasteiger partial charge in [0.05, 0.1) is 5.15 Å². The Morgan fingerprint density at radius 3 is 2.30 bits per heavy atom. The van der Waals surface area contributed by atoms with Crippen molar-refractivity contribution in [1.82, 2.24) is 4.98 Å². The van der Waals surface area contributed by atoms with Crippen LogP contribution in [0.4, 0.5) is 0 Å². The summed E-state index contributed by atoms with van der Waals surface area (Å²) in [5.41, 5.74) is 0. The Morgan fingerprint density at radius 2 is 1.90 bits per heavy atom. The standard InChI is InChI=1S/C5HCl3N.Pd/c6-3-1-2-9-5(8)4(3)7;/h2H;/q-1;. The largest absolute Gasteiger partial charge is 0.283 e. The quantitative estimate of drug-likeness (QED) is 0.406. The summed E-state index contributed by atoms with van der Waals surface area (Å²) in [7, 11) is 0. The van der Waals surface area contributed by atoms with Crippen molar-refractivity contribution in [1.29, 1.82) is 0 Å². The van der Waals surface area contributed by atoms with Crippen LogP contribution in [0.1, 0.15) is 0 Å². The van der Waals surface area contributed by atoms with Crippen LogP contribution >= 0.6 is 34.8 Å². The fourth-order valence-corrected chi connectivity index (χ4v) is 0.790. The number of nitrogens with zero attached hydrogens (tertiary/aromatic N) is 1. The van der Waals surface area contributed by atoms with Gasteiger partial charge in [-0.15, -0.1) is 16.6 Å². The molecule has 0 spiro atoms. The first-order valence-corrected chi connectivity index (χ1v) is 3.22. The van der Waals surface area contributed by atoms with E-state index in [0.29, 0.717) is 5.02 Å². The third-order valence-electron chi connectivity index (χ3n) is 0.743. The Bertz CT molecular complexity index is 208. The van der Waals surface area contributed by atoms with Gasteiger partial charge in [0.2, 0.25) is 0 Å². The van der Waals surface area contributed by atoms with Gasteiger partial charge in [-0.05, 0) is 0 Å². The molecule has 0 aromatic carbocycles. The van der Waals surface area contributed by atoms with Crippen LogP contribution in [-0.2, 0) is 20.4 Å². The molecule has 0 aliphatic carbocycles. The Morgan fingerprint density at radius 1 is 1.30 bits per heavy atom. The first-order valence-electron chi connectivity index (χ1n) is 2.09. The Kier molecular flexibility index (Phi) is 4.85. The minimum atomic E-state index is 0. The van der Waals surface area contributed by atoms with Gasteiger partial charge in [0, 0.05) is 20.4 Å². The van der Waals surface area contributed by atoms with Crippen molar-refractivity contribution in [2.75, 3.05) is 0 Å². The molecule has 1 rings (SSSR count). The van der Waals surface area contributed by atoms with Crippen molar-refractivity contribution in [2.45, 2.75) is 0 Å². The van der Waals surface area contributed by atoms with Crippen LogP contribution in [-0.4, -0.2) is 4.98 Å². The number of halogens is 3. The van der Waals surface area contributed by atoms with Gasteiger partial charge in [-0.3, -0.25) is 4.98 Å². The third-order valence-corrected chi connectivity index (χ3v) is 1.89. The molecule has 0 amide bonds. The first kappa shape index (κ1) is 10.7. The molecule has 0 saturated carbocycles. The Labute approximate surface area is 87.3 Å². The van der Waals surface area contributed by atoms with Gasteiger partial charge in [0.1, 0.15) is 0 Å². The van der Waals surface area contributed by atoms with E-state index in [1.807, 2.05) is 0 Å². The van der Waals surface area contributed by atoms with Gasteiger partial charge in [-0.25, -0.2) is 17.7 Å². The van der Waals surface area contributed by atoms with E-state index in [-0.39, 0.29) is 30.6 Å². The topological polar surface area (TPSA) is 12.9 Å². The normalized spacial score (nSPS) is 8.70. The van der Waals surface area contributed by atoms with Gasteiger partial charge in [0.15, 0.2) is 0 Å². The second-order valence-corrected chi connectivity index (χ2v) is 2.44. The van der Waals surface area contributed by atoms with Crippen LogP contribution in [0.5, 0.6) is 0 Å². The van der Waals surface area contributed by atoms with Crippen LogP contribution in [0.3, 0.4) is 0 Å². The maximum Gasteiger partial charge on any atom is 0.0660 e. The van der Waals surface area contributed by atoms with Crippen LogP contribution in [0.15, 0.2) is 6.20 Å². The average molecular weight is 288 g/mol. The van der Waals surface area contributed by atoms with Crippen molar-refractivity contribution in [3.8, 4) is 0 Å². The summed E-state index contributed by atoms with van der Waals surface area (Å²) in [5, 5.41) is 0.762. The predicted octanol–water partition coefficient (Wildman–Crippen LogP) is 2.84. The van der Waals surface area contributed by atoms with Crippen molar-refractivity contribution < 1.29 is 20.4 Å². The minimum Gasteiger partial charge on any atom is -0.283 e. The molecule has 5 heteroatoms. The van der Waals surface area contributed by atoms with Gasteiger partial charge < -0.3 is 0 Å². The molecule has 1 nitrogen and oxygen atoms in total. The van der Waals surface area contributed by atoms with E-state index in [4.69, 9.17) is 34.8 Å². The van der Waals surface area contributed by atoms with Gasteiger partial charge in [-0.2, -0.15) is 0 Å². The molecule has 10 heavy (non-hydrogen) atoms. The molecule has 0 bridgehead atoms. The smallest absolute Gasteiger partial charge is 0.0660 e. The van der Waals surface area contributed by atoms with Gasteiger partial charge in [-0.1, -0.05) is 22.8 Å². The van der Waals surface area contributed by atoms with Gasteiger partial charge >= 0.3 is 0 Å². The van der Waals surface area contributed by atoms with Crippen molar-refractivity contribution >= 4 is 34.8 Å². The fraction of sp³-hybridized carbons (Fsp3) is 0. The number of hydrogen-bond donors (Lipinski definition) is 0. The molecule has 0 unspecified atom stereocenters. The zero-order valence-corrected chi connectivity index (χ0v) is 8.30. The molecule has 1 heterocycles. The molecular formula is C5HCl3NPd-. The molecule has 58 valence electrons. The number of aromatic nitrogens is 1. The third kappa shape index (κ3) is 2.38. The molecule has 0 saturated heterocycles. The average Bonchev–Trinajstić information content (AvgIpc) is 1.83. The summed E-state index contributed by atoms with van der Waals surface area (Å²) in [5.74, 6) is 0. The molecule has 0 aliphatic heterocycles. The maximum atomic E-state index is 5.52. The molecule has 1 aromatic rings. The van der Waals surface area contributed by atoms with Gasteiger partial charge in [0.25, 0.3) is 0 Å². The molecule has 0 fully saturated rings. The van der Waals surface area contributed by atoms with Crippen molar-refractivity contribution in [3.63, 3.8) is 0 Å². The molecular weight excluding hydrogens is 287 g/mol. The fourth-order valence-electron chi connectivity index (χ4n) is 0.356. The Hall–Kier alpha value is 0.682. The van der Waals surface area contributed by atoms with Crippen LogP contribution in [0.2, 0.25) is 15.2 Å². The summed E-state index contributed by atoms with van der Waals surface area (Å²) >= 11 is 16.5. The second-order valence-electron chi connectivity index (χ2n) is 1.32. The first-order chi connectivity index (χ1) is 4.22. The van der Waals surface area contributed by atoms with E-state index in [1.54, 1.807) is 0 Å². The molecule has 0 aliphatic rings. The molecule has 0 N–H and O–H groups in total. The summed E-state index contributed by atoms with van der Waals surface area (Å²) in [6.45, 7) is 0. The Balaban J connectivity index is 0.000000810. The number of rotatable bonds is 0. The second kappa shape index (κ2) is 4.54. The summed E-state index contributed by atoms with van der Waals surface area (Å²) in [4.78, 5) is 3.63. The SMILES string of the molecule is Clc1[c-]cnc(Cl)c1Cl.[Pd]. The van der Waals surface area contributed by atoms with E-state index in [2.05, 4.69) is 11.1 Å². The van der Waals surface area contributed by atoms with E-state index < -0.39 is 0 Å². The summed E-state index contributed by atoms with van der Waals surface area (Å²) < 4.78 is 0. The van der Waals surface area contributed by atoms with E-state index >= 15 is 0 Å². The van der Waals surface area contributed by atoms with Crippen LogP contribution in [0, 0.1) is 6.07 Å². The molecule has 0 atom stereocenters. The minimum absolute atomic E-state index is 0. The predicted molar refractivity (Wildman–Crippen MR) is 38.1 cm³/mol. The van der Waals surface area contributed by atoms with Crippen molar-refractivity contribution in [3.05, 3.63) is 27.5 Å². The van der Waals surface area contributed by atoms with E-state index in [1.165, 1.54) is 6.20 Å². The monoisotopic (exact) mass is 286 g/mol. The molecule has 1 aromatic heterocycles. The van der Waals surface area contributed by atoms with Crippen LogP contribution < -0.4 is 0 Å². The molecule has 0 radical (unpaired) electrons. The van der Waals surface area contributed by atoms with E-state index in [0.717, 1.165) is 0 Å². The maximum absolute atomic E-state index is 5.52. The number of pyridine rings is 1. The summed E-state index contributed by atoms with van der Waals surface area (Å²) in [6, 6.07) is 2.58. The van der Waals surface area contributed by atoms with E-state index in [9.17, 15) is 0 Å².